The van der Waals surface area contributed by atoms with E-state index < -0.39 is 17.6 Å². The third-order valence-corrected chi connectivity index (χ3v) is 2.48. The normalized spacial score (nSPS) is 21.4. The number of amides is 2. The van der Waals surface area contributed by atoms with Gasteiger partial charge in [-0.15, -0.1) is 0 Å². The van der Waals surface area contributed by atoms with Crippen LogP contribution in [0.1, 0.15) is 33.6 Å². The van der Waals surface area contributed by atoms with Crippen molar-refractivity contribution in [2.75, 3.05) is 0 Å². The van der Waals surface area contributed by atoms with Gasteiger partial charge in [0.05, 0.1) is 5.70 Å². The van der Waals surface area contributed by atoms with Crippen LogP contribution in [0.2, 0.25) is 0 Å². The molecule has 92 valence electrons. The molecule has 17 heavy (non-hydrogen) atoms. The number of rotatable bonds is 2. The van der Waals surface area contributed by atoms with Crippen molar-refractivity contribution in [3.8, 4) is 0 Å². The molecule has 0 saturated carbocycles. The van der Waals surface area contributed by atoms with E-state index in [1.807, 2.05) is 6.92 Å². The highest BCUT2D eigenvalue weighted by molar-refractivity contribution is 6.35. The van der Waals surface area contributed by atoms with Crippen molar-refractivity contribution >= 4 is 17.6 Å². The van der Waals surface area contributed by atoms with Gasteiger partial charge in [0.25, 0.3) is 5.91 Å². The van der Waals surface area contributed by atoms with Crippen LogP contribution >= 0.6 is 0 Å². The number of nitrogens with zero attached hydrogens (tertiary/aromatic N) is 1. The molecule has 1 aliphatic heterocycles. The molecule has 0 atom stereocenters. The van der Waals surface area contributed by atoms with E-state index in [9.17, 15) is 19.5 Å². The first-order chi connectivity index (χ1) is 7.95. The molecule has 0 aromatic heterocycles. The van der Waals surface area contributed by atoms with Gasteiger partial charge in [-0.25, -0.2) is 4.90 Å². The highest BCUT2D eigenvalue weighted by atomic mass is 16.3. The quantitative estimate of drug-likeness (QED) is 0.448. The molecule has 1 rings (SSSR count). The summed E-state index contributed by atoms with van der Waals surface area (Å²) in [4.78, 5) is 35.8. The maximum atomic E-state index is 11.9. The smallest absolute Gasteiger partial charge is 0.272 e. The monoisotopic (exact) mass is 237 g/mol. The van der Waals surface area contributed by atoms with Gasteiger partial charge in [-0.1, -0.05) is 13.0 Å². The van der Waals surface area contributed by atoms with Crippen LogP contribution in [-0.4, -0.2) is 27.6 Å². The van der Waals surface area contributed by atoms with E-state index in [0.29, 0.717) is 6.42 Å². The van der Waals surface area contributed by atoms with Gasteiger partial charge in [0, 0.05) is 13.3 Å². The van der Waals surface area contributed by atoms with E-state index in [1.54, 1.807) is 6.92 Å². The summed E-state index contributed by atoms with van der Waals surface area (Å²) >= 11 is 0. The Labute approximate surface area is 99.4 Å². The van der Waals surface area contributed by atoms with E-state index in [0.717, 1.165) is 4.90 Å². The van der Waals surface area contributed by atoms with Gasteiger partial charge in [0.15, 0.2) is 0 Å². The van der Waals surface area contributed by atoms with Crippen molar-refractivity contribution in [1.29, 1.82) is 0 Å². The third-order valence-electron chi connectivity index (χ3n) is 2.48. The second kappa shape index (κ2) is 4.95. The number of carbonyl (C=O) groups excluding carboxylic acids is 3. The number of allylic oxidation sites excluding steroid dienone is 3. The first kappa shape index (κ1) is 13.2. The Kier molecular flexibility index (Phi) is 3.83. The Morgan fingerprint density at radius 2 is 2.00 bits per heavy atom. The summed E-state index contributed by atoms with van der Waals surface area (Å²) < 4.78 is 0. The van der Waals surface area contributed by atoms with Crippen LogP contribution in [0, 0.1) is 0 Å². The van der Waals surface area contributed by atoms with Crippen molar-refractivity contribution in [2.45, 2.75) is 33.6 Å². The second-order valence-corrected chi connectivity index (χ2v) is 3.73. The molecule has 0 unspecified atom stereocenters. The topological polar surface area (TPSA) is 74.7 Å². The third kappa shape index (κ3) is 2.13. The fourth-order valence-electron chi connectivity index (χ4n) is 1.74. The fraction of sp³-hybridized carbons (Fsp3) is 0.417. The molecular formula is C12H15NO4. The van der Waals surface area contributed by atoms with Crippen LogP contribution < -0.4 is 0 Å². The van der Waals surface area contributed by atoms with Crippen LogP contribution in [-0.2, 0) is 14.4 Å². The number of likely N-dealkylation sites (tertiary alicyclic amines) is 1. The average molecular weight is 237 g/mol. The zero-order valence-electron chi connectivity index (χ0n) is 10.1. The number of hydrogen-bond acceptors (Lipinski definition) is 4. The lowest BCUT2D eigenvalue weighted by atomic mass is 10.1. The molecule has 0 spiro atoms. The molecular weight excluding hydrogens is 222 g/mol. The predicted molar refractivity (Wildman–Crippen MR) is 60.9 cm³/mol. The van der Waals surface area contributed by atoms with Crippen molar-refractivity contribution < 1.29 is 19.5 Å². The van der Waals surface area contributed by atoms with Gasteiger partial charge in [-0.3, -0.25) is 14.4 Å². The van der Waals surface area contributed by atoms with Crippen LogP contribution in [0.3, 0.4) is 0 Å². The summed E-state index contributed by atoms with van der Waals surface area (Å²) in [7, 11) is 0. The molecule has 5 heteroatoms. The average Bonchev–Trinajstić information content (AvgIpc) is 2.49. The lowest BCUT2D eigenvalue weighted by Crippen LogP contribution is -2.29. The minimum Gasteiger partial charge on any atom is -0.511 e. The largest absolute Gasteiger partial charge is 0.511 e. The summed E-state index contributed by atoms with van der Waals surface area (Å²) in [5.74, 6) is -2.10. The van der Waals surface area contributed by atoms with E-state index >= 15 is 0 Å². The number of ketones is 1. The number of Topliss-reactive ketones (excluding diaryl/α,β-unsaturated/α-hetero) is 1. The summed E-state index contributed by atoms with van der Waals surface area (Å²) in [5, 5.41) is 9.68. The zero-order chi connectivity index (χ0) is 13.2. The molecule has 1 fully saturated rings. The molecule has 5 nitrogen and oxygen atoms in total. The molecule has 0 aromatic rings. The molecule has 2 amide bonds. The van der Waals surface area contributed by atoms with Crippen LogP contribution in [0.5, 0.6) is 0 Å². The molecule has 0 aliphatic carbocycles. The van der Waals surface area contributed by atoms with Gasteiger partial charge >= 0.3 is 0 Å². The summed E-state index contributed by atoms with van der Waals surface area (Å²) in [6, 6.07) is 0. The number of hydrogen-bond donors (Lipinski definition) is 1. The van der Waals surface area contributed by atoms with E-state index in [4.69, 9.17) is 0 Å². The molecule has 1 N–H and O–H groups in total. The van der Waals surface area contributed by atoms with Gasteiger partial charge in [0.1, 0.15) is 11.3 Å². The Morgan fingerprint density at radius 3 is 2.35 bits per heavy atom. The number of aliphatic hydroxyl groups is 1. The second-order valence-electron chi connectivity index (χ2n) is 3.73. The maximum absolute atomic E-state index is 11.9. The lowest BCUT2D eigenvalue weighted by molar-refractivity contribution is -0.137. The fourth-order valence-corrected chi connectivity index (χ4v) is 1.74. The summed E-state index contributed by atoms with van der Waals surface area (Å²) in [5.41, 5.74) is -0.268. The Hall–Kier alpha value is -1.91. The Bertz CT molecular complexity index is 445. The van der Waals surface area contributed by atoms with Gasteiger partial charge in [-0.05, 0) is 13.3 Å². The SMILES string of the molecule is C/C=C1\C(=O)/C(=C(/O)CCC)C(=O)N1C(C)=O. The van der Waals surface area contributed by atoms with Crippen LogP contribution in [0.25, 0.3) is 0 Å². The van der Waals surface area contributed by atoms with Crippen LogP contribution in [0.15, 0.2) is 23.1 Å². The minimum absolute atomic E-state index is 0.0140. The van der Waals surface area contributed by atoms with Crippen molar-refractivity contribution in [1.82, 2.24) is 4.90 Å². The maximum Gasteiger partial charge on any atom is 0.272 e. The minimum atomic E-state index is -0.735. The van der Waals surface area contributed by atoms with Crippen molar-refractivity contribution in [2.24, 2.45) is 0 Å². The van der Waals surface area contributed by atoms with Gasteiger partial charge in [-0.2, -0.15) is 0 Å². The van der Waals surface area contributed by atoms with E-state index in [1.165, 1.54) is 13.0 Å². The van der Waals surface area contributed by atoms with E-state index in [2.05, 4.69) is 0 Å². The standard InChI is InChI=1S/C12H15NO4/c1-4-6-9(15)10-11(16)8(5-2)13(7(3)14)12(10)17/h5,15H,4,6H2,1-3H3/b8-5+,10-9-. The molecule has 0 radical (unpaired) electrons. The highest BCUT2D eigenvalue weighted by Crippen LogP contribution is 2.27. The number of aliphatic hydroxyl groups excluding tert-OH is 1. The van der Waals surface area contributed by atoms with Gasteiger partial charge < -0.3 is 5.11 Å². The Morgan fingerprint density at radius 1 is 1.41 bits per heavy atom. The van der Waals surface area contributed by atoms with Gasteiger partial charge in [0.2, 0.25) is 11.7 Å². The van der Waals surface area contributed by atoms with Crippen LogP contribution in [0.4, 0.5) is 0 Å². The summed E-state index contributed by atoms with van der Waals surface area (Å²) in [6.07, 6.45) is 2.25. The molecule has 1 aliphatic rings. The first-order valence-corrected chi connectivity index (χ1v) is 5.43. The molecule has 0 bridgehead atoms. The number of carbonyl (C=O) groups is 3. The molecule has 1 heterocycles. The lowest BCUT2D eigenvalue weighted by Gasteiger charge is -2.10. The Balaban J connectivity index is 3.31. The van der Waals surface area contributed by atoms with E-state index in [-0.39, 0.29) is 23.5 Å². The van der Waals surface area contributed by atoms with Crippen molar-refractivity contribution in [3.63, 3.8) is 0 Å². The predicted octanol–water partition coefficient (Wildman–Crippen LogP) is 1.46. The zero-order valence-corrected chi connectivity index (χ0v) is 10.1. The molecule has 1 saturated heterocycles. The number of imide groups is 1. The summed E-state index contributed by atoms with van der Waals surface area (Å²) in [6.45, 7) is 4.59. The molecule has 0 aromatic carbocycles. The highest BCUT2D eigenvalue weighted by Gasteiger charge is 2.42. The van der Waals surface area contributed by atoms with Crippen molar-refractivity contribution in [3.05, 3.63) is 23.1 Å². The first-order valence-electron chi connectivity index (χ1n) is 5.43.